The van der Waals surface area contributed by atoms with E-state index in [0.29, 0.717) is 18.7 Å². The van der Waals surface area contributed by atoms with Crippen LogP contribution in [0.2, 0.25) is 0 Å². The summed E-state index contributed by atoms with van der Waals surface area (Å²) in [4.78, 5) is 33.5. The van der Waals surface area contributed by atoms with Gasteiger partial charge in [-0.2, -0.15) is 4.39 Å². The van der Waals surface area contributed by atoms with E-state index < -0.39 is 29.7 Å². The van der Waals surface area contributed by atoms with Gasteiger partial charge in [-0.3, -0.25) is 4.98 Å². The van der Waals surface area contributed by atoms with Crippen LogP contribution in [-0.2, 0) is 9.47 Å². The first-order valence-corrected chi connectivity index (χ1v) is 9.34. The number of nitrogens with zero attached hydrogens (tertiary/aromatic N) is 4. The van der Waals surface area contributed by atoms with Crippen LogP contribution in [0.3, 0.4) is 0 Å². The molecule has 8 nitrogen and oxygen atoms in total. The van der Waals surface area contributed by atoms with E-state index in [2.05, 4.69) is 9.97 Å². The number of pyridine rings is 1. The van der Waals surface area contributed by atoms with Crippen LogP contribution in [0.4, 0.5) is 9.18 Å². The largest absolute Gasteiger partial charge is 0.461 e. The van der Waals surface area contributed by atoms with E-state index in [4.69, 9.17) is 9.47 Å². The summed E-state index contributed by atoms with van der Waals surface area (Å²) in [5.74, 6) is -1.72. The van der Waals surface area contributed by atoms with Gasteiger partial charge in [0.2, 0.25) is 5.95 Å². The van der Waals surface area contributed by atoms with E-state index in [1.165, 1.54) is 15.8 Å². The fraction of sp³-hybridized carbons (Fsp3) is 0.500. The zero-order chi connectivity index (χ0) is 21.6. The summed E-state index contributed by atoms with van der Waals surface area (Å²) in [5, 5.41) is 0. The van der Waals surface area contributed by atoms with Crippen molar-refractivity contribution in [2.45, 2.75) is 45.8 Å². The molecule has 0 fully saturated rings. The maximum atomic E-state index is 14.1. The third-order valence-corrected chi connectivity index (χ3v) is 4.05. The number of amides is 1. The Hall–Kier alpha value is -2.97. The highest BCUT2D eigenvalue weighted by Gasteiger charge is 2.25. The first-order chi connectivity index (χ1) is 13.6. The van der Waals surface area contributed by atoms with Crippen LogP contribution in [0.15, 0.2) is 30.7 Å². The zero-order valence-electron chi connectivity index (χ0n) is 17.4. The van der Waals surface area contributed by atoms with E-state index in [1.807, 2.05) is 6.07 Å². The molecule has 1 amide bonds. The predicted octanol–water partition coefficient (Wildman–Crippen LogP) is 3.44. The third-order valence-electron chi connectivity index (χ3n) is 4.05. The Labute approximate surface area is 169 Å². The summed E-state index contributed by atoms with van der Waals surface area (Å²) >= 11 is 0. The lowest BCUT2D eigenvalue weighted by Crippen LogP contribution is -2.35. The van der Waals surface area contributed by atoms with Gasteiger partial charge in [-0.25, -0.2) is 14.6 Å². The molecule has 2 heterocycles. The maximum absolute atomic E-state index is 14.1. The molecule has 9 heteroatoms. The summed E-state index contributed by atoms with van der Waals surface area (Å²) < 4.78 is 25.9. The van der Waals surface area contributed by atoms with Gasteiger partial charge < -0.3 is 18.9 Å². The summed E-state index contributed by atoms with van der Waals surface area (Å²) in [7, 11) is 1.60. The highest BCUT2D eigenvalue weighted by Crippen LogP contribution is 2.20. The van der Waals surface area contributed by atoms with Crippen molar-refractivity contribution in [3.8, 4) is 0 Å². The van der Waals surface area contributed by atoms with E-state index >= 15 is 0 Å². The van der Waals surface area contributed by atoms with E-state index in [9.17, 15) is 14.0 Å². The van der Waals surface area contributed by atoms with Gasteiger partial charge in [0.25, 0.3) is 0 Å². The summed E-state index contributed by atoms with van der Waals surface area (Å²) in [6.07, 6.45) is 2.80. The molecular weight excluding hydrogens is 379 g/mol. The molecule has 2 aromatic heterocycles. The van der Waals surface area contributed by atoms with Crippen molar-refractivity contribution in [3.05, 3.63) is 48.1 Å². The van der Waals surface area contributed by atoms with Gasteiger partial charge in [0, 0.05) is 19.8 Å². The number of imidazole rings is 1. The van der Waals surface area contributed by atoms with Gasteiger partial charge in [-0.15, -0.1) is 0 Å². The summed E-state index contributed by atoms with van der Waals surface area (Å²) in [5.41, 5.74) is -0.181. The highest BCUT2D eigenvalue weighted by atomic mass is 19.1. The van der Waals surface area contributed by atoms with Crippen molar-refractivity contribution in [3.63, 3.8) is 0 Å². The number of carbonyl (C=O) groups is 2. The third kappa shape index (κ3) is 6.27. The molecule has 0 radical (unpaired) electrons. The number of carbonyl (C=O) groups excluding carboxylic acids is 2. The van der Waals surface area contributed by atoms with Gasteiger partial charge in [0.15, 0.2) is 5.69 Å². The van der Waals surface area contributed by atoms with Crippen LogP contribution in [-0.4, -0.2) is 57.3 Å². The molecule has 158 valence electrons. The van der Waals surface area contributed by atoms with Gasteiger partial charge in [0.1, 0.15) is 5.60 Å². The highest BCUT2D eigenvalue weighted by molar-refractivity contribution is 5.87. The van der Waals surface area contributed by atoms with Gasteiger partial charge in [-0.1, -0.05) is 6.07 Å². The SMILES string of the molecule is C[C@H](c1ccccn1)n1cnc(F)c1C(=O)OCCCN(C)C(=O)OC(C)(C)C. The second kappa shape index (κ2) is 9.49. The van der Waals surface area contributed by atoms with Gasteiger partial charge >= 0.3 is 12.1 Å². The predicted molar refractivity (Wildman–Crippen MR) is 104 cm³/mol. The molecule has 0 spiro atoms. The molecule has 1 atom stereocenters. The van der Waals surface area contributed by atoms with Gasteiger partial charge in [-0.05, 0) is 46.2 Å². The molecule has 0 aromatic carbocycles. The standard InChI is InChI=1S/C20H27FN4O4/c1-14(15-9-6-7-10-22-15)25-13-23-17(21)16(25)18(26)28-12-8-11-24(5)19(27)29-20(2,3)4/h6-7,9-10,13-14H,8,11-12H2,1-5H3/t14-/m1/s1. The van der Waals surface area contributed by atoms with E-state index in [0.717, 1.165) is 0 Å². The van der Waals surface area contributed by atoms with Crippen molar-refractivity contribution in [2.75, 3.05) is 20.2 Å². The number of esters is 1. The molecule has 0 aliphatic carbocycles. The minimum absolute atomic E-state index is 0.0224. The quantitative estimate of drug-likeness (QED) is 0.517. The van der Waals surface area contributed by atoms with Crippen LogP contribution in [0.25, 0.3) is 0 Å². The molecule has 0 aliphatic heterocycles. The molecule has 0 N–H and O–H groups in total. The first kappa shape index (κ1) is 22.3. The fourth-order valence-electron chi connectivity index (χ4n) is 2.55. The summed E-state index contributed by atoms with van der Waals surface area (Å²) in [6, 6.07) is 4.97. The normalized spacial score (nSPS) is 12.3. The maximum Gasteiger partial charge on any atom is 0.410 e. The Morgan fingerprint density at radius 2 is 2.00 bits per heavy atom. The van der Waals surface area contributed by atoms with Crippen molar-refractivity contribution in [2.24, 2.45) is 0 Å². The Morgan fingerprint density at radius 1 is 1.28 bits per heavy atom. The average Bonchev–Trinajstić information content (AvgIpc) is 3.05. The Bertz CT molecular complexity index is 833. The minimum atomic E-state index is -0.899. The monoisotopic (exact) mass is 406 g/mol. The molecule has 2 rings (SSSR count). The number of rotatable bonds is 7. The number of hydrogen-bond acceptors (Lipinski definition) is 6. The van der Waals surface area contributed by atoms with Crippen LogP contribution in [0.5, 0.6) is 0 Å². The number of hydrogen-bond donors (Lipinski definition) is 0. The van der Waals surface area contributed by atoms with Crippen molar-refractivity contribution >= 4 is 12.1 Å². The number of ether oxygens (including phenoxy) is 2. The number of aromatic nitrogens is 3. The van der Waals surface area contributed by atoms with Crippen molar-refractivity contribution in [1.82, 2.24) is 19.4 Å². The molecular formula is C20H27FN4O4. The Morgan fingerprint density at radius 3 is 2.62 bits per heavy atom. The smallest absolute Gasteiger partial charge is 0.410 e. The molecule has 2 aromatic rings. The van der Waals surface area contributed by atoms with Gasteiger partial charge in [0.05, 0.1) is 24.7 Å². The Balaban J connectivity index is 1.92. The van der Waals surface area contributed by atoms with Crippen LogP contribution in [0, 0.1) is 5.95 Å². The van der Waals surface area contributed by atoms with E-state index in [-0.39, 0.29) is 12.3 Å². The summed E-state index contributed by atoms with van der Waals surface area (Å²) in [6.45, 7) is 7.48. The minimum Gasteiger partial charge on any atom is -0.461 e. The van der Waals surface area contributed by atoms with Crippen LogP contribution >= 0.6 is 0 Å². The lowest BCUT2D eigenvalue weighted by Gasteiger charge is -2.24. The lowest BCUT2D eigenvalue weighted by molar-refractivity contribution is 0.0277. The molecule has 0 saturated carbocycles. The molecule has 0 aliphatic rings. The Kier molecular flexibility index (Phi) is 7.30. The molecule has 29 heavy (non-hydrogen) atoms. The van der Waals surface area contributed by atoms with Crippen LogP contribution in [0.1, 0.15) is 56.3 Å². The second-order valence-corrected chi connectivity index (χ2v) is 7.61. The second-order valence-electron chi connectivity index (χ2n) is 7.61. The van der Waals surface area contributed by atoms with Crippen molar-refractivity contribution in [1.29, 1.82) is 0 Å². The lowest BCUT2D eigenvalue weighted by atomic mass is 10.2. The fourth-order valence-corrected chi connectivity index (χ4v) is 2.55. The molecule has 0 bridgehead atoms. The molecule has 0 unspecified atom stereocenters. The topological polar surface area (TPSA) is 86.6 Å². The average molecular weight is 406 g/mol. The zero-order valence-corrected chi connectivity index (χ0v) is 17.4. The molecule has 0 saturated heterocycles. The number of halogens is 1. The first-order valence-electron chi connectivity index (χ1n) is 9.34. The van der Waals surface area contributed by atoms with Crippen molar-refractivity contribution < 1.29 is 23.5 Å². The van der Waals surface area contributed by atoms with E-state index in [1.54, 1.807) is 53.1 Å². The van der Waals surface area contributed by atoms with Crippen LogP contribution < -0.4 is 0 Å².